The Labute approximate surface area is 118 Å². The molecule has 1 rings (SSSR count). The summed E-state index contributed by atoms with van der Waals surface area (Å²) >= 11 is 0. The lowest BCUT2D eigenvalue weighted by Crippen LogP contribution is -2.14. The van der Waals surface area contributed by atoms with Gasteiger partial charge < -0.3 is 5.11 Å². The molecule has 2 unspecified atom stereocenters. The van der Waals surface area contributed by atoms with Gasteiger partial charge in [0.15, 0.2) is 0 Å². The van der Waals surface area contributed by atoms with Gasteiger partial charge >= 0.3 is 6.18 Å². The predicted molar refractivity (Wildman–Crippen MR) is 74.3 cm³/mol. The van der Waals surface area contributed by atoms with Gasteiger partial charge in [-0.25, -0.2) is 0 Å². The fourth-order valence-electron chi connectivity index (χ4n) is 2.57. The van der Waals surface area contributed by atoms with Crippen LogP contribution in [0.5, 0.6) is 0 Å². The van der Waals surface area contributed by atoms with Crippen LogP contribution < -0.4 is 0 Å². The number of alkyl halides is 3. The Kier molecular flexibility index (Phi) is 5.25. The standard InChI is InChI=1S/C16H23F3O/c1-11(10-15(2,3)4)8-14(20)12-6-5-7-13(9-12)16(17,18)19/h5-7,9,11,14,20H,8,10H2,1-4H3. The SMILES string of the molecule is CC(CC(O)c1cccc(C(F)(F)F)c1)CC(C)(C)C. The summed E-state index contributed by atoms with van der Waals surface area (Å²) < 4.78 is 37.9. The van der Waals surface area contributed by atoms with Crippen molar-refractivity contribution in [2.45, 2.75) is 52.8 Å². The van der Waals surface area contributed by atoms with Gasteiger partial charge in [-0.05, 0) is 41.9 Å². The molecule has 0 aromatic heterocycles. The summed E-state index contributed by atoms with van der Waals surface area (Å²) in [4.78, 5) is 0. The number of aliphatic hydroxyl groups is 1. The monoisotopic (exact) mass is 288 g/mol. The third-order valence-corrected chi connectivity index (χ3v) is 3.19. The van der Waals surface area contributed by atoms with E-state index in [-0.39, 0.29) is 11.3 Å². The maximum Gasteiger partial charge on any atom is 0.416 e. The average Bonchev–Trinajstić information content (AvgIpc) is 2.25. The summed E-state index contributed by atoms with van der Waals surface area (Å²) in [5, 5.41) is 10.1. The molecule has 1 aromatic rings. The normalized spacial score (nSPS) is 16.0. The zero-order valence-electron chi connectivity index (χ0n) is 12.5. The van der Waals surface area contributed by atoms with Crippen LogP contribution in [-0.2, 0) is 6.18 Å². The first kappa shape index (κ1) is 17.0. The van der Waals surface area contributed by atoms with Gasteiger partial charge in [-0.2, -0.15) is 13.2 Å². The highest BCUT2D eigenvalue weighted by atomic mass is 19.4. The topological polar surface area (TPSA) is 20.2 Å². The van der Waals surface area contributed by atoms with Crippen molar-refractivity contribution in [2.75, 3.05) is 0 Å². The minimum absolute atomic E-state index is 0.146. The van der Waals surface area contributed by atoms with Crippen molar-refractivity contribution in [3.8, 4) is 0 Å². The molecule has 0 spiro atoms. The first-order valence-corrected chi connectivity index (χ1v) is 6.84. The Morgan fingerprint density at radius 2 is 1.75 bits per heavy atom. The van der Waals surface area contributed by atoms with Crippen molar-refractivity contribution >= 4 is 0 Å². The van der Waals surface area contributed by atoms with E-state index in [0.29, 0.717) is 12.0 Å². The summed E-state index contributed by atoms with van der Waals surface area (Å²) in [6.45, 7) is 8.35. The van der Waals surface area contributed by atoms with Crippen molar-refractivity contribution in [1.82, 2.24) is 0 Å². The van der Waals surface area contributed by atoms with E-state index in [2.05, 4.69) is 20.8 Å². The highest BCUT2D eigenvalue weighted by Gasteiger charge is 2.31. The van der Waals surface area contributed by atoms with Gasteiger partial charge in [-0.3, -0.25) is 0 Å². The molecule has 4 heteroatoms. The third kappa shape index (κ3) is 5.53. The first-order chi connectivity index (χ1) is 8.99. The fourth-order valence-corrected chi connectivity index (χ4v) is 2.57. The van der Waals surface area contributed by atoms with Crippen LogP contribution in [0.4, 0.5) is 13.2 Å². The lowest BCUT2D eigenvalue weighted by molar-refractivity contribution is -0.137. The molecule has 1 aromatic carbocycles. The van der Waals surface area contributed by atoms with Crippen LogP contribution in [-0.4, -0.2) is 5.11 Å². The molecule has 2 atom stereocenters. The number of rotatable bonds is 4. The van der Waals surface area contributed by atoms with E-state index in [1.54, 1.807) is 6.07 Å². The first-order valence-electron chi connectivity index (χ1n) is 6.84. The van der Waals surface area contributed by atoms with Crippen LogP contribution in [0.2, 0.25) is 0 Å². The lowest BCUT2D eigenvalue weighted by atomic mass is 9.82. The molecule has 1 nitrogen and oxygen atoms in total. The second kappa shape index (κ2) is 6.17. The second-order valence-corrected chi connectivity index (χ2v) is 6.74. The Balaban J connectivity index is 2.75. The third-order valence-electron chi connectivity index (χ3n) is 3.19. The van der Waals surface area contributed by atoms with Crippen molar-refractivity contribution in [3.05, 3.63) is 35.4 Å². The highest BCUT2D eigenvalue weighted by molar-refractivity contribution is 5.27. The molecule has 1 N–H and O–H groups in total. The van der Waals surface area contributed by atoms with Crippen LogP contribution in [0.3, 0.4) is 0 Å². The summed E-state index contributed by atoms with van der Waals surface area (Å²) in [6.07, 6.45) is -3.83. The molecule has 0 aliphatic heterocycles. The number of aliphatic hydroxyl groups excluding tert-OH is 1. The van der Waals surface area contributed by atoms with E-state index in [0.717, 1.165) is 18.6 Å². The van der Waals surface area contributed by atoms with Gasteiger partial charge in [-0.15, -0.1) is 0 Å². The summed E-state index contributed by atoms with van der Waals surface area (Å²) in [7, 11) is 0. The van der Waals surface area contributed by atoms with Crippen LogP contribution in [0.25, 0.3) is 0 Å². The second-order valence-electron chi connectivity index (χ2n) is 6.74. The van der Waals surface area contributed by atoms with Crippen LogP contribution in [0.15, 0.2) is 24.3 Å². The largest absolute Gasteiger partial charge is 0.416 e. The fraction of sp³-hybridized carbons (Fsp3) is 0.625. The quantitative estimate of drug-likeness (QED) is 0.807. The van der Waals surface area contributed by atoms with Gasteiger partial charge in [0.1, 0.15) is 0 Å². The van der Waals surface area contributed by atoms with Crippen molar-refractivity contribution in [3.63, 3.8) is 0 Å². The van der Waals surface area contributed by atoms with Crippen molar-refractivity contribution < 1.29 is 18.3 Å². The minimum Gasteiger partial charge on any atom is -0.388 e. The van der Waals surface area contributed by atoms with Gasteiger partial charge in [0.05, 0.1) is 11.7 Å². The van der Waals surface area contributed by atoms with Crippen LogP contribution in [0.1, 0.15) is 57.8 Å². The van der Waals surface area contributed by atoms with Crippen molar-refractivity contribution in [2.24, 2.45) is 11.3 Å². The number of hydrogen-bond acceptors (Lipinski definition) is 1. The molecular formula is C16H23F3O. The van der Waals surface area contributed by atoms with Crippen LogP contribution >= 0.6 is 0 Å². The molecule has 0 aliphatic rings. The molecule has 0 radical (unpaired) electrons. The summed E-state index contributed by atoms with van der Waals surface area (Å²) in [5.74, 6) is 0.250. The number of halogens is 3. The molecule has 0 heterocycles. The number of benzene rings is 1. The lowest BCUT2D eigenvalue weighted by Gasteiger charge is -2.25. The van der Waals surface area contributed by atoms with Gasteiger partial charge in [-0.1, -0.05) is 39.8 Å². The van der Waals surface area contributed by atoms with E-state index in [1.165, 1.54) is 6.07 Å². The molecular weight excluding hydrogens is 265 g/mol. The van der Waals surface area contributed by atoms with Crippen LogP contribution in [0, 0.1) is 11.3 Å². The van der Waals surface area contributed by atoms with Gasteiger partial charge in [0, 0.05) is 0 Å². The van der Waals surface area contributed by atoms with Gasteiger partial charge in [0.2, 0.25) is 0 Å². The Morgan fingerprint density at radius 1 is 1.15 bits per heavy atom. The summed E-state index contributed by atoms with van der Waals surface area (Å²) in [6, 6.07) is 4.95. The number of hydrogen-bond donors (Lipinski definition) is 1. The van der Waals surface area contributed by atoms with Gasteiger partial charge in [0.25, 0.3) is 0 Å². The summed E-state index contributed by atoms with van der Waals surface area (Å²) in [5.41, 5.74) is -0.231. The van der Waals surface area contributed by atoms with Crippen molar-refractivity contribution in [1.29, 1.82) is 0 Å². The maximum absolute atomic E-state index is 12.6. The Morgan fingerprint density at radius 3 is 2.25 bits per heavy atom. The zero-order chi connectivity index (χ0) is 15.6. The Bertz CT molecular complexity index is 432. The molecule has 0 saturated heterocycles. The smallest absolute Gasteiger partial charge is 0.388 e. The van der Waals surface area contributed by atoms with E-state index < -0.39 is 17.8 Å². The minimum atomic E-state index is -4.37. The molecule has 0 fully saturated rings. The maximum atomic E-state index is 12.6. The molecule has 0 bridgehead atoms. The predicted octanol–water partition coefficient (Wildman–Crippen LogP) is 5.20. The van der Waals surface area contributed by atoms with E-state index >= 15 is 0 Å². The zero-order valence-corrected chi connectivity index (χ0v) is 12.5. The van der Waals surface area contributed by atoms with E-state index in [9.17, 15) is 18.3 Å². The Hall–Kier alpha value is -1.03. The van der Waals surface area contributed by atoms with E-state index in [1.807, 2.05) is 6.92 Å². The molecule has 0 amide bonds. The average molecular weight is 288 g/mol. The van der Waals surface area contributed by atoms with E-state index in [4.69, 9.17) is 0 Å². The molecule has 20 heavy (non-hydrogen) atoms. The highest BCUT2D eigenvalue weighted by Crippen LogP contribution is 2.33. The molecule has 0 aliphatic carbocycles. The molecule has 114 valence electrons. The molecule has 0 saturated carbocycles.